The first-order valence-electron chi connectivity index (χ1n) is 9.46. The number of carbonyl (C=O) groups is 1. The van der Waals surface area contributed by atoms with Gasteiger partial charge in [0.1, 0.15) is 6.10 Å². The van der Waals surface area contributed by atoms with Crippen LogP contribution in [0.3, 0.4) is 0 Å². The highest BCUT2D eigenvalue weighted by molar-refractivity contribution is 8.13. The second-order valence-electron chi connectivity index (χ2n) is 7.17. The minimum absolute atomic E-state index is 0.0383. The van der Waals surface area contributed by atoms with Crippen molar-refractivity contribution < 1.29 is 33.7 Å². The maximum absolute atomic E-state index is 13.0. The summed E-state index contributed by atoms with van der Waals surface area (Å²) in [5, 5.41) is 31.3. The number of nitrogens with one attached hydrogen (secondary N) is 1. The molecule has 0 aliphatic carbocycles. The van der Waals surface area contributed by atoms with Crippen LogP contribution in [0, 0.1) is 5.41 Å². The van der Waals surface area contributed by atoms with Gasteiger partial charge in [-0.25, -0.2) is 9.65 Å². The molecule has 0 aliphatic heterocycles. The zero-order valence-corrected chi connectivity index (χ0v) is 18.8. The monoisotopic (exact) mass is 449 g/mol. The van der Waals surface area contributed by atoms with Crippen molar-refractivity contribution in [3.05, 3.63) is 35.9 Å². The van der Waals surface area contributed by atoms with E-state index in [0.717, 1.165) is 17.3 Å². The van der Waals surface area contributed by atoms with Crippen molar-refractivity contribution in [2.75, 3.05) is 25.6 Å². The third-order valence-corrected chi connectivity index (χ3v) is 6.87. The molecule has 2 unspecified atom stereocenters. The molecule has 0 saturated carbocycles. The van der Waals surface area contributed by atoms with E-state index in [2.05, 4.69) is 5.09 Å². The normalized spacial score (nSPS) is 16.2. The Morgan fingerprint density at radius 1 is 1.21 bits per heavy atom. The molecule has 0 aliphatic rings. The van der Waals surface area contributed by atoms with Crippen molar-refractivity contribution in [1.82, 2.24) is 5.09 Å². The van der Waals surface area contributed by atoms with E-state index in [1.165, 1.54) is 0 Å². The molecule has 4 N–H and O–H groups in total. The van der Waals surface area contributed by atoms with E-state index < -0.39 is 25.4 Å². The van der Waals surface area contributed by atoms with Gasteiger partial charge >= 0.3 is 7.75 Å². The van der Waals surface area contributed by atoms with Crippen LogP contribution in [0.5, 0.6) is 0 Å². The third-order valence-electron chi connectivity index (χ3n) is 4.12. The van der Waals surface area contributed by atoms with Crippen LogP contribution in [0.25, 0.3) is 0 Å². The molecule has 0 amide bonds. The molecule has 0 radical (unpaired) electrons. The molecule has 1 aromatic carbocycles. The van der Waals surface area contributed by atoms with Gasteiger partial charge in [-0.3, -0.25) is 13.8 Å². The van der Waals surface area contributed by atoms with Gasteiger partial charge in [0.2, 0.25) is 0 Å². The quantitative estimate of drug-likeness (QED) is 0.250. The summed E-state index contributed by atoms with van der Waals surface area (Å²) in [4.78, 5) is 12.0. The average Bonchev–Trinajstić information content (AvgIpc) is 2.73. The molecule has 3 atom stereocenters. The summed E-state index contributed by atoms with van der Waals surface area (Å²) in [6.07, 6.45) is -1.87. The molecular formula is C19H32NO7PS. The van der Waals surface area contributed by atoms with Gasteiger partial charge in [0.15, 0.2) is 5.12 Å². The van der Waals surface area contributed by atoms with E-state index in [-0.39, 0.29) is 37.2 Å². The Hall–Kier alpha value is -0.770. The van der Waals surface area contributed by atoms with Crippen LogP contribution in [0.2, 0.25) is 0 Å². The fourth-order valence-corrected chi connectivity index (χ4v) is 4.27. The van der Waals surface area contributed by atoms with E-state index in [1.54, 1.807) is 20.8 Å². The second kappa shape index (κ2) is 12.8. The van der Waals surface area contributed by atoms with Crippen molar-refractivity contribution in [3.8, 4) is 0 Å². The first-order chi connectivity index (χ1) is 13.6. The third kappa shape index (κ3) is 9.72. The van der Waals surface area contributed by atoms with E-state index in [9.17, 15) is 24.7 Å². The molecular weight excluding hydrogens is 417 g/mol. The number of rotatable bonds is 14. The zero-order chi connectivity index (χ0) is 21.9. The molecule has 0 heterocycles. The van der Waals surface area contributed by atoms with E-state index in [1.807, 2.05) is 30.3 Å². The summed E-state index contributed by atoms with van der Waals surface area (Å²) in [5.74, 6) is 0.225. The number of carbonyl (C=O) groups excluding carboxylic acids is 1. The molecule has 8 nitrogen and oxygen atoms in total. The molecule has 0 bridgehead atoms. The van der Waals surface area contributed by atoms with Crippen LogP contribution < -0.4 is 5.09 Å². The molecule has 1 aromatic rings. The summed E-state index contributed by atoms with van der Waals surface area (Å²) in [5.41, 5.74) is -0.0000830. The van der Waals surface area contributed by atoms with Crippen molar-refractivity contribution >= 4 is 24.6 Å². The molecule has 0 aromatic heterocycles. The molecule has 0 fully saturated rings. The Bertz CT molecular complexity index is 659. The van der Waals surface area contributed by atoms with E-state index in [0.29, 0.717) is 6.42 Å². The number of hydrogen-bond acceptors (Lipinski definition) is 8. The fraction of sp³-hybridized carbons (Fsp3) is 0.632. The van der Waals surface area contributed by atoms with Gasteiger partial charge in [-0.1, -0.05) is 49.0 Å². The maximum Gasteiger partial charge on any atom is 0.405 e. The zero-order valence-electron chi connectivity index (χ0n) is 17.1. The lowest BCUT2D eigenvalue weighted by atomic mass is 9.97. The molecule has 1 rings (SSSR count). The maximum atomic E-state index is 13.0. The molecule has 29 heavy (non-hydrogen) atoms. The second-order valence-corrected chi connectivity index (χ2v) is 10.1. The lowest BCUT2D eigenvalue weighted by Gasteiger charge is -2.23. The van der Waals surface area contributed by atoms with Crippen LogP contribution in [-0.4, -0.2) is 58.2 Å². The van der Waals surface area contributed by atoms with Crippen molar-refractivity contribution in [2.24, 2.45) is 5.41 Å². The number of aliphatic hydroxyl groups excluding tert-OH is 3. The number of hydrogen-bond donors (Lipinski definition) is 4. The molecule has 0 saturated heterocycles. The highest BCUT2D eigenvalue weighted by Crippen LogP contribution is 2.44. The van der Waals surface area contributed by atoms with Gasteiger partial charge in [0.25, 0.3) is 0 Å². The Balaban J connectivity index is 2.63. The summed E-state index contributed by atoms with van der Waals surface area (Å²) in [6.45, 7) is 4.53. The Kier molecular flexibility index (Phi) is 11.6. The van der Waals surface area contributed by atoms with Crippen LogP contribution >= 0.6 is 19.5 Å². The highest BCUT2D eigenvalue weighted by atomic mass is 32.2. The lowest BCUT2D eigenvalue weighted by molar-refractivity contribution is -0.119. The lowest BCUT2D eigenvalue weighted by Crippen LogP contribution is -2.30. The van der Waals surface area contributed by atoms with Gasteiger partial charge in [-0.05, 0) is 25.8 Å². The van der Waals surface area contributed by atoms with Gasteiger partial charge in [-0.15, -0.1) is 0 Å². The summed E-state index contributed by atoms with van der Waals surface area (Å²) in [7, 11) is -3.79. The average molecular weight is 450 g/mol. The topological polar surface area (TPSA) is 125 Å². The van der Waals surface area contributed by atoms with E-state index >= 15 is 0 Å². The molecule has 166 valence electrons. The van der Waals surface area contributed by atoms with Gasteiger partial charge in [0.05, 0.1) is 31.3 Å². The summed E-state index contributed by atoms with van der Waals surface area (Å²) < 4.78 is 23.7. The Morgan fingerprint density at radius 2 is 1.86 bits per heavy atom. The van der Waals surface area contributed by atoms with Gasteiger partial charge in [-0.2, -0.15) is 0 Å². The standard InChI is InChI=1S/C19H32NO7PS/c1-4-16(22)17(23)13-27-28(25,20-12-15-8-6-5-7-9-15)26-10-11-29-18(24)19(2,3)14-21/h5-9,16-17,21-23H,4,10-14H2,1-3H3,(H,20,25)/t16?,17-,28?/m1/s1. The first kappa shape index (κ1) is 26.3. The summed E-state index contributed by atoms with van der Waals surface area (Å²) in [6, 6.07) is 9.24. The SMILES string of the molecule is CCC(O)[C@H](O)COP(=O)(NCc1ccccc1)OCCSC(=O)C(C)(C)CO. The highest BCUT2D eigenvalue weighted by Gasteiger charge is 2.29. The summed E-state index contributed by atoms with van der Waals surface area (Å²) >= 11 is 0.978. The van der Waals surface area contributed by atoms with E-state index in [4.69, 9.17) is 9.05 Å². The fourth-order valence-electron chi connectivity index (χ4n) is 2.02. The predicted molar refractivity (Wildman–Crippen MR) is 113 cm³/mol. The van der Waals surface area contributed by atoms with Gasteiger partial charge < -0.3 is 15.3 Å². The van der Waals surface area contributed by atoms with Crippen molar-refractivity contribution in [1.29, 1.82) is 0 Å². The number of aliphatic hydroxyl groups is 3. The van der Waals surface area contributed by atoms with Crippen LogP contribution in [0.4, 0.5) is 0 Å². The van der Waals surface area contributed by atoms with Crippen LogP contribution in [0.1, 0.15) is 32.8 Å². The van der Waals surface area contributed by atoms with Crippen molar-refractivity contribution in [2.45, 2.75) is 45.9 Å². The smallest absolute Gasteiger partial charge is 0.395 e. The Morgan fingerprint density at radius 3 is 2.45 bits per heavy atom. The predicted octanol–water partition coefficient (Wildman–Crippen LogP) is 2.33. The molecule has 10 heteroatoms. The van der Waals surface area contributed by atoms with Gasteiger partial charge in [0, 0.05) is 12.3 Å². The number of thioether (sulfide) groups is 1. The minimum Gasteiger partial charge on any atom is -0.395 e. The minimum atomic E-state index is -3.79. The largest absolute Gasteiger partial charge is 0.405 e. The van der Waals surface area contributed by atoms with Crippen LogP contribution in [0.15, 0.2) is 30.3 Å². The van der Waals surface area contributed by atoms with Crippen molar-refractivity contribution in [3.63, 3.8) is 0 Å². The number of benzene rings is 1. The first-order valence-corrected chi connectivity index (χ1v) is 12.0. The van der Waals surface area contributed by atoms with Crippen LogP contribution in [-0.2, 0) is 25.0 Å². The molecule has 0 spiro atoms. The Labute approximate surface area is 176 Å².